The SMILES string of the molecule is CC[C@H](C)[C@H](N)C(=O)N[C@@H](CC(N)=O)C(=O)N1CCC[C@H]1C(=O)N[C@@H](CO)C(=O)N[C@@H](CCCCN)C(=O)N[C@@H](CCC(=O)O)C(=O)N[C@@H](CC(N)=O)C(=O)O. The number of amides is 8. The average Bonchev–Trinajstić information content (AvgIpc) is 3.63. The molecule has 0 unspecified atom stereocenters. The van der Waals surface area contributed by atoms with Crippen molar-refractivity contribution >= 4 is 59.2 Å². The summed E-state index contributed by atoms with van der Waals surface area (Å²) < 4.78 is 0. The van der Waals surface area contributed by atoms with Gasteiger partial charge in [0, 0.05) is 13.0 Å². The maximum atomic E-state index is 13.6. The molecule has 1 rings (SSSR count). The van der Waals surface area contributed by atoms with E-state index in [1.165, 1.54) is 0 Å². The highest BCUT2D eigenvalue weighted by Gasteiger charge is 2.40. The second-order valence-electron chi connectivity index (χ2n) is 13.5. The number of nitrogens with two attached hydrogens (primary N) is 4. The normalized spacial score (nSPS) is 17.4. The number of aliphatic hydroxyl groups is 1. The fourth-order valence-corrected chi connectivity index (χ4v) is 5.66. The molecular formula is C33H56N10O13. The van der Waals surface area contributed by atoms with Gasteiger partial charge in [0.25, 0.3) is 0 Å². The van der Waals surface area contributed by atoms with Gasteiger partial charge in [-0.1, -0.05) is 20.3 Å². The van der Waals surface area contributed by atoms with Crippen molar-refractivity contribution in [2.45, 2.75) is 120 Å². The summed E-state index contributed by atoms with van der Waals surface area (Å²) in [5.41, 5.74) is 21.9. The Morgan fingerprint density at radius 2 is 1.25 bits per heavy atom. The number of nitrogens with one attached hydrogen (secondary N) is 5. The van der Waals surface area contributed by atoms with E-state index in [4.69, 9.17) is 22.9 Å². The zero-order valence-electron chi connectivity index (χ0n) is 31.5. The fraction of sp³-hybridized carbons (Fsp3) is 0.697. The third kappa shape index (κ3) is 16.1. The van der Waals surface area contributed by atoms with Gasteiger partial charge >= 0.3 is 11.9 Å². The Kier molecular flexibility index (Phi) is 21.0. The van der Waals surface area contributed by atoms with Crippen LogP contribution in [-0.4, -0.2) is 141 Å². The van der Waals surface area contributed by atoms with Crippen LogP contribution in [0.25, 0.3) is 0 Å². The summed E-state index contributed by atoms with van der Waals surface area (Å²) in [7, 11) is 0. The van der Waals surface area contributed by atoms with Crippen molar-refractivity contribution in [2.75, 3.05) is 19.7 Å². The molecule has 1 fully saturated rings. The maximum Gasteiger partial charge on any atom is 0.326 e. The van der Waals surface area contributed by atoms with Gasteiger partial charge in [-0.2, -0.15) is 0 Å². The number of primary amides is 2. The highest BCUT2D eigenvalue weighted by atomic mass is 16.4. The van der Waals surface area contributed by atoms with Gasteiger partial charge in [0.2, 0.25) is 47.3 Å². The molecule has 8 amide bonds. The Bertz CT molecular complexity index is 1450. The number of carbonyl (C=O) groups is 10. The Hall–Kier alpha value is -5.42. The predicted octanol–water partition coefficient (Wildman–Crippen LogP) is -5.40. The highest BCUT2D eigenvalue weighted by molar-refractivity contribution is 5.98. The van der Waals surface area contributed by atoms with Gasteiger partial charge in [0.1, 0.15) is 36.3 Å². The first kappa shape index (κ1) is 48.6. The van der Waals surface area contributed by atoms with Gasteiger partial charge in [-0.3, -0.25) is 43.2 Å². The molecule has 0 saturated carbocycles. The van der Waals surface area contributed by atoms with Crippen molar-refractivity contribution in [3.05, 3.63) is 0 Å². The predicted molar refractivity (Wildman–Crippen MR) is 194 cm³/mol. The summed E-state index contributed by atoms with van der Waals surface area (Å²) in [5, 5.41) is 40.1. The molecule has 0 spiro atoms. The number of carboxylic acids is 2. The first-order valence-corrected chi connectivity index (χ1v) is 18.2. The fourth-order valence-electron chi connectivity index (χ4n) is 5.66. The number of likely N-dealkylation sites (tertiary alicyclic amines) is 1. The highest BCUT2D eigenvalue weighted by Crippen LogP contribution is 2.20. The Labute approximate surface area is 322 Å². The quantitative estimate of drug-likeness (QED) is 0.0363. The minimum Gasteiger partial charge on any atom is -0.481 e. The van der Waals surface area contributed by atoms with Crippen LogP contribution in [0, 0.1) is 5.92 Å². The molecule has 1 aliphatic rings. The van der Waals surface area contributed by atoms with Crippen LogP contribution < -0.4 is 49.5 Å². The van der Waals surface area contributed by atoms with E-state index in [0.717, 1.165) is 4.90 Å². The van der Waals surface area contributed by atoms with E-state index in [1.54, 1.807) is 6.92 Å². The average molecular weight is 801 g/mol. The number of carboxylic acid groups (broad SMARTS) is 2. The van der Waals surface area contributed by atoms with Crippen LogP contribution in [0.4, 0.5) is 0 Å². The van der Waals surface area contributed by atoms with E-state index in [1.807, 2.05) is 12.2 Å². The zero-order valence-corrected chi connectivity index (χ0v) is 31.5. The van der Waals surface area contributed by atoms with E-state index in [-0.39, 0.29) is 38.3 Å². The second kappa shape index (κ2) is 24.2. The Balaban J connectivity index is 3.21. The van der Waals surface area contributed by atoms with Gasteiger partial charge in [-0.25, -0.2) is 4.79 Å². The molecule has 0 radical (unpaired) electrons. The van der Waals surface area contributed by atoms with Gasteiger partial charge in [-0.05, 0) is 51.0 Å². The molecule has 23 heteroatoms. The van der Waals surface area contributed by atoms with E-state index in [0.29, 0.717) is 19.3 Å². The number of aliphatic carboxylic acids is 2. The summed E-state index contributed by atoms with van der Waals surface area (Å²) in [4.78, 5) is 127. The zero-order chi connectivity index (χ0) is 42.7. The number of hydrogen-bond acceptors (Lipinski definition) is 13. The van der Waals surface area contributed by atoms with Gasteiger partial charge in [0.15, 0.2) is 0 Å². The van der Waals surface area contributed by atoms with Crippen molar-refractivity contribution in [1.82, 2.24) is 31.5 Å². The van der Waals surface area contributed by atoms with Crippen molar-refractivity contribution < 1.29 is 63.3 Å². The lowest BCUT2D eigenvalue weighted by Crippen LogP contribution is -2.60. The molecule has 56 heavy (non-hydrogen) atoms. The van der Waals surface area contributed by atoms with E-state index in [9.17, 15) is 63.3 Å². The molecule has 0 bridgehead atoms. The number of aliphatic hydroxyl groups excluding tert-OH is 1. The molecule has 8 atom stereocenters. The van der Waals surface area contributed by atoms with Crippen LogP contribution in [0.1, 0.15) is 78.1 Å². The first-order valence-electron chi connectivity index (χ1n) is 18.2. The number of rotatable bonds is 26. The molecular weight excluding hydrogens is 744 g/mol. The van der Waals surface area contributed by atoms with Crippen LogP contribution in [0.2, 0.25) is 0 Å². The largest absolute Gasteiger partial charge is 0.481 e. The standard InChI is InChI=1S/C33H56N10O13/c1-3-16(2)26(37)31(53)40-19(13-23(35)45)32(54)43-12-6-8-22(43)30(52)42-21(15-44)29(51)38-17(7-4-5-11-34)27(49)39-18(9-10-25(47)48)28(50)41-20(33(55)56)14-24(36)46/h16-22,26,44H,3-15,34,37H2,1-2H3,(H2,35,45)(H2,36,46)(H,38,51)(H,39,49)(H,40,53)(H,41,50)(H,42,52)(H,47,48)(H,55,56)/t16-,17-,18-,19-,20-,21-,22-,26-/m0/s1. The first-order chi connectivity index (χ1) is 26.3. The lowest BCUT2D eigenvalue weighted by Gasteiger charge is -2.30. The summed E-state index contributed by atoms with van der Waals surface area (Å²) in [6.45, 7) is 2.79. The minimum atomic E-state index is -1.80. The monoisotopic (exact) mass is 800 g/mol. The van der Waals surface area contributed by atoms with Gasteiger partial charge in [0.05, 0.1) is 25.5 Å². The molecule has 1 saturated heterocycles. The van der Waals surface area contributed by atoms with E-state index >= 15 is 0 Å². The molecule has 23 nitrogen and oxygen atoms in total. The molecule has 1 aliphatic heterocycles. The molecule has 0 aromatic heterocycles. The smallest absolute Gasteiger partial charge is 0.326 e. The topological polar surface area (TPSA) is 399 Å². The van der Waals surface area contributed by atoms with Gasteiger partial charge < -0.3 is 69.7 Å². The lowest BCUT2D eigenvalue weighted by molar-refractivity contribution is -0.144. The number of carbonyl (C=O) groups excluding carboxylic acids is 8. The Morgan fingerprint density at radius 1 is 0.732 bits per heavy atom. The summed E-state index contributed by atoms with van der Waals surface area (Å²) >= 11 is 0. The minimum absolute atomic E-state index is 0.0329. The number of unbranched alkanes of at least 4 members (excludes halogenated alkanes) is 1. The van der Waals surface area contributed by atoms with Gasteiger partial charge in [-0.15, -0.1) is 0 Å². The molecule has 316 valence electrons. The third-order valence-corrected chi connectivity index (χ3v) is 9.11. The summed E-state index contributed by atoms with van der Waals surface area (Å²) in [5.74, 6) is -10.9. The van der Waals surface area contributed by atoms with Crippen molar-refractivity contribution in [3.8, 4) is 0 Å². The number of hydrogen-bond donors (Lipinski definition) is 12. The van der Waals surface area contributed by atoms with E-state index in [2.05, 4.69) is 21.3 Å². The van der Waals surface area contributed by atoms with E-state index < -0.39 is 134 Å². The number of nitrogens with zero attached hydrogens (tertiary/aromatic N) is 1. The molecule has 0 aromatic carbocycles. The lowest BCUT2D eigenvalue weighted by atomic mass is 9.99. The molecule has 0 aromatic rings. The van der Waals surface area contributed by atoms with Crippen LogP contribution in [-0.2, 0) is 47.9 Å². The third-order valence-electron chi connectivity index (χ3n) is 9.11. The van der Waals surface area contributed by atoms with Crippen molar-refractivity contribution in [2.24, 2.45) is 28.9 Å². The maximum absolute atomic E-state index is 13.6. The summed E-state index contributed by atoms with van der Waals surface area (Å²) in [6, 6.07) is -10.3. The van der Waals surface area contributed by atoms with Crippen LogP contribution in [0.15, 0.2) is 0 Å². The molecule has 1 heterocycles. The van der Waals surface area contributed by atoms with Crippen LogP contribution in [0.3, 0.4) is 0 Å². The van der Waals surface area contributed by atoms with Crippen molar-refractivity contribution in [3.63, 3.8) is 0 Å². The van der Waals surface area contributed by atoms with Crippen molar-refractivity contribution in [1.29, 1.82) is 0 Å². The summed E-state index contributed by atoms with van der Waals surface area (Å²) in [6.07, 6.45) is -1.07. The molecule has 16 N–H and O–H groups in total. The second-order valence-corrected chi connectivity index (χ2v) is 13.5. The Morgan fingerprint density at radius 3 is 1.75 bits per heavy atom. The molecule has 0 aliphatic carbocycles. The van der Waals surface area contributed by atoms with Crippen LogP contribution in [0.5, 0.6) is 0 Å². The van der Waals surface area contributed by atoms with Crippen LogP contribution >= 0.6 is 0 Å².